The quantitative estimate of drug-likeness (QED) is 0.746. The van der Waals surface area contributed by atoms with Gasteiger partial charge in [0.1, 0.15) is 0 Å². The van der Waals surface area contributed by atoms with Gasteiger partial charge in [-0.3, -0.25) is 4.79 Å². The zero-order valence-corrected chi connectivity index (χ0v) is 14.0. The van der Waals surface area contributed by atoms with Crippen molar-refractivity contribution in [3.63, 3.8) is 0 Å². The third-order valence-corrected chi connectivity index (χ3v) is 4.17. The normalized spacial score (nSPS) is 10.5. The monoisotopic (exact) mass is 369 g/mol. The second-order valence-corrected chi connectivity index (χ2v) is 5.97. The van der Waals surface area contributed by atoms with Crippen LogP contribution >= 0.6 is 15.9 Å². The highest BCUT2D eigenvalue weighted by Crippen LogP contribution is 2.15. The van der Waals surface area contributed by atoms with Gasteiger partial charge in [0.15, 0.2) is 0 Å². The average Bonchev–Trinajstić information content (AvgIpc) is 3.05. The number of hydrogen-bond acceptors (Lipinski definition) is 2. The maximum absolute atomic E-state index is 12.1. The van der Waals surface area contributed by atoms with Gasteiger partial charge in [0.05, 0.1) is 17.4 Å². The highest BCUT2D eigenvalue weighted by molar-refractivity contribution is 9.10. The Kier molecular flexibility index (Phi) is 4.88. The minimum absolute atomic E-state index is 0.0760. The van der Waals surface area contributed by atoms with Crippen LogP contribution in [0.1, 0.15) is 15.9 Å². The molecule has 0 atom stereocenters. The smallest absolute Gasteiger partial charge is 0.252 e. The summed E-state index contributed by atoms with van der Waals surface area (Å²) < 4.78 is 2.64. The summed E-state index contributed by atoms with van der Waals surface area (Å²) >= 11 is 3.39. The second-order valence-electron chi connectivity index (χ2n) is 5.11. The summed E-state index contributed by atoms with van der Waals surface area (Å²) in [6, 6.07) is 17.3. The summed E-state index contributed by atoms with van der Waals surface area (Å²) in [5, 5.41) is 7.28. The minimum atomic E-state index is -0.0760. The highest BCUT2D eigenvalue weighted by Gasteiger charge is 2.08. The van der Waals surface area contributed by atoms with Gasteiger partial charge in [0.2, 0.25) is 0 Å². The van der Waals surface area contributed by atoms with E-state index >= 15 is 0 Å². The van der Waals surface area contributed by atoms with Gasteiger partial charge in [-0.15, -0.1) is 0 Å². The van der Waals surface area contributed by atoms with E-state index < -0.39 is 0 Å². The Balaban J connectivity index is 1.56. The molecule has 1 aromatic heterocycles. The van der Waals surface area contributed by atoms with Crippen LogP contribution in [0.25, 0.3) is 5.69 Å². The molecule has 3 aromatic rings. The van der Waals surface area contributed by atoms with E-state index in [-0.39, 0.29) is 5.91 Å². The lowest BCUT2D eigenvalue weighted by atomic mass is 10.2. The van der Waals surface area contributed by atoms with E-state index in [9.17, 15) is 4.79 Å². The standard InChI is InChI=1S/C18H16BrN3O/c19-17-9-5-4-8-16(17)18(23)20-11-10-14-12-21-22(13-14)15-6-2-1-3-7-15/h1-9,12-13H,10-11H2,(H,20,23). The first kappa shape index (κ1) is 15.5. The largest absolute Gasteiger partial charge is 0.352 e. The van der Waals surface area contributed by atoms with Crippen LogP contribution < -0.4 is 5.32 Å². The molecule has 0 saturated heterocycles. The topological polar surface area (TPSA) is 46.9 Å². The summed E-state index contributed by atoms with van der Waals surface area (Å²) in [6.45, 7) is 0.570. The van der Waals surface area contributed by atoms with Crippen LogP contribution in [0.15, 0.2) is 71.5 Å². The minimum Gasteiger partial charge on any atom is -0.352 e. The third-order valence-electron chi connectivity index (χ3n) is 3.47. The molecule has 23 heavy (non-hydrogen) atoms. The maximum atomic E-state index is 12.1. The summed E-state index contributed by atoms with van der Waals surface area (Å²) in [6.07, 6.45) is 4.56. The predicted octanol–water partition coefficient (Wildman–Crippen LogP) is 3.61. The first-order valence-electron chi connectivity index (χ1n) is 7.36. The molecule has 0 bridgehead atoms. The molecule has 2 aromatic carbocycles. The molecule has 1 amide bonds. The molecule has 3 rings (SSSR count). The van der Waals surface area contributed by atoms with Crippen LogP contribution in [0.5, 0.6) is 0 Å². The number of benzene rings is 2. The molecular formula is C18H16BrN3O. The van der Waals surface area contributed by atoms with Gasteiger partial charge < -0.3 is 5.32 Å². The van der Waals surface area contributed by atoms with Crippen molar-refractivity contribution in [2.24, 2.45) is 0 Å². The zero-order valence-electron chi connectivity index (χ0n) is 12.4. The number of carbonyl (C=O) groups is 1. The Morgan fingerprint density at radius 3 is 2.61 bits per heavy atom. The molecule has 0 spiro atoms. The Labute approximate surface area is 143 Å². The van der Waals surface area contributed by atoms with Gasteiger partial charge in [0.25, 0.3) is 5.91 Å². The maximum Gasteiger partial charge on any atom is 0.252 e. The van der Waals surface area contributed by atoms with Gasteiger partial charge >= 0.3 is 0 Å². The molecule has 0 aliphatic heterocycles. The lowest BCUT2D eigenvalue weighted by Gasteiger charge is -2.05. The molecule has 5 heteroatoms. The summed E-state index contributed by atoms with van der Waals surface area (Å²) in [4.78, 5) is 12.1. The first-order valence-corrected chi connectivity index (χ1v) is 8.15. The Bertz CT molecular complexity index is 799. The van der Waals surface area contributed by atoms with E-state index in [4.69, 9.17) is 0 Å². The van der Waals surface area contributed by atoms with Gasteiger partial charge in [-0.1, -0.05) is 30.3 Å². The fourth-order valence-corrected chi connectivity index (χ4v) is 2.74. The van der Waals surface area contributed by atoms with E-state index in [1.807, 2.05) is 65.6 Å². The Morgan fingerprint density at radius 2 is 1.83 bits per heavy atom. The number of carbonyl (C=O) groups excluding carboxylic acids is 1. The number of nitrogens with zero attached hydrogens (tertiary/aromatic N) is 2. The van der Waals surface area contributed by atoms with Gasteiger partial charge in [-0.05, 0) is 52.2 Å². The van der Waals surface area contributed by atoms with E-state index in [1.165, 1.54) is 0 Å². The van der Waals surface area contributed by atoms with Crippen molar-refractivity contribution in [3.8, 4) is 5.69 Å². The molecule has 0 saturated carbocycles. The van der Waals surface area contributed by atoms with Gasteiger partial charge in [-0.25, -0.2) is 4.68 Å². The lowest BCUT2D eigenvalue weighted by Crippen LogP contribution is -2.25. The number of rotatable bonds is 5. The van der Waals surface area contributed by atoms with E-state index in [1.54, 1.807) is 6.07 Å². The van der Waals surface area contributed by atoms with E-state index in [0.29, 0.717) is 12.1 Å². The molecular weight excluding hydrogens is 354 g/mol. The van der Waals surface area contributed by atoms with E-state index in [2.05, 4.69) is 26.3 Å². The molecule has 4 nitrogen and oxygen atoms in total. The number of nitrogens with one attached hydrogen (secondary N) is 1. The SMILES string of the molecule is O=C(NCCc1cnn(-c2ccccc2)c1)c1ccccc1Br. The number of amides is 1. The number of halogens is 1. The predicted molar refractivity (Wildman–Crippen MR) is 93.7 cm³/mol. The Hall–Kier alpha value is -2.40. The van der Waals surface area contributed by atoms with Crippen molar-refractivity contribution in [2.45, 2.75) is 6.42 Å². The van der Waals surface area contributed by atoms with Crippen molar-refractivity contribution in [1.82, 2.24) is 15.1 Å². The summed E-state index contributed by atoms with van der Waals surface area (Å²) in [5.41, 5.74) is 2.75. The van der Waals surface area contributed by atoms with Gasteiger partial charge in [-0.2, -0.15) is 5.10 Å². The zero-order chi connectivity index (χ0) is 16.1. The fourth-order valence-electron chi connectivity index (χ4n) is 2.27. The lowest BCUT2D eigenvalue weighted by molar-refractivity contribution is 0.0953. The average molecular weight is 370 g/mol. The van der Waals surface area contributed by atoms with Crippen LogP contribution in [0.4, 0.5) is 0 Å². The Morgan fingerprint density at radius 1 is 1.09 bits per heavy atom. The molecule has 0 radical (unpaired) electrons. The molecule has 0 unspecified atom stereocenters. The first-order chi connectivity index (χ1) is 11.2. The number of hydrogen-bond donors (Lipinski definition) is 1. The molecule has 1 N–H and O–H groups in total. The van der Waals surface area contributed by atoms with E-state index in [0.717, 1.165) is 22.1 Å². The molecule has 1 heterocycles. The molecule has 0 aliphatic carbocycles. The van der Waals surface area contributed by atoms with Crippen molar-refractivity contribution in [2.75, 3.05) is 6.54 Å². The second kappa shape index (κ2) is 7.24. The highest BCUT2D eigenvalue weighted by atomic mass is 79.9. The van der Waals surface area contributed by atoms with Crippen LogP contribution in [0.3, 0.4) is 0 Å². The summed E-state index contributed by atoms with van der Waals surface area (Å²) in [5.74, 6) is -0.0760. The summed E-state index contributed by atoms with van der Waals surface area (Å²) in [7, 11) is 0. The number of para-hydroxylation sites is 1. The van der Waals surface area contributed by atoms with Crippen LogP contribution in [-0.4, -0.2) is 22.2 Å². The van der Waals surface area contributed by atoms with Crippen LogP contribution in [-0.2, 0) is 6.42 Å². The van der Waals surface area contributed by atoms with Gasteiger partial charge in [0, 0.05) is 17.2 Å². The molecule has 116 valence electrons. The fraction of sp³-hybridized carbons (Fsp3) is 0.111. The van der Waals surface area contributed by atoms with Crippen molar-refractivity contribution in [1.29, 1.82) is 0 Å². The van der Waals surface area contributed by atoms with Crippen molar-refractivity contribution in [3.05, 3.63) is 82.6 Å². The molecule has 0 fully saturated rings. The number of aromatic nitrogens is 2. The van der Waals surface area contributed by atoms with Crippen LogP contribution in [0.2, 0.25) is 0 Å². The van der Waals surface area contributed by atoms with Crippen molar-refractivity contribution >= 4 is 21.8 Å². The van der Waals surface area contributed by atoms with Crippen LogP contribution in [0, 0.1) is 0 Å². The third kappa shape index (κ3) is 3.87. The van der Waals surface area contributed by atoms with Crippen molar-refractivity contribution < 1.29 is 4.79 Å². The molecule has 0 aliphatic rings.